The highest BCUT2D eigenvalue weighted by molar-refractivity contribution is 9.10. The summed E-state index contributed by atoms with van der Waals surface area (Å²) in [4.78, 5) is 20.6. The maximum absolute atomic E-state index is 12.3. The number of halogens is 1. The van der Waals surface area contributed by atoms with E-state index < -0.39 is 0 Å². The first-order valence-electron chi connectivity index (χ1n) is 7.95. The average Bonchev–Trinajstić information content (AvgIpc) is 2.95. The summed E-state index contributed by atoms with van der Waals surface area (Å²) in [5.74, 6) is 0.871. The van der Waals surface area contributed by atoms with E-state index in [9.17, 15) is 4.79 Å². The molecule has 0 saturated heterocycles. The fourth-order valence-corrected chi connectivity index (χ4v) is 2.87. The zero-order chi connectivity index (χ0) is 18.7. The first-order valence-corrected chi connectivity index (χ1v) is 8.74. The molecule has 0 aliphatic heterocycles. The highest BCUT2D eigenvalue weighted by atomic mass is 79.9. The molecular formula is C17H18BrN7O. The molecule has 1 aromatic carbocycles. The Hall–Kier alpha value is -2.81. The Bertz CT molecular complexity index is 954. The van der Waals surface area contributed by atoms with Gasteiger partial charge in [0.1, 0.15) is 17.3 Å². The molecule has 0 radical (unpaired) electrons. The third kappa shape index (κ3) is 3.88. The van der Waals surface area contributed by atoms with E-state index in [1.165, 1.54) is 0 Å². The predicted octanol–water partition coefficient (Wildman–Crippen LogP) is 2.01. The van der Waals surface area contributed by atoms with Crippen molar-refractivity contribution in [1.82, 2.24) is 30.3 Å². The van der Waals surface area contributed by atoms with Gasteiger partial charge in [-0.1, -0.05) is 17.3 Å². The summed E-state index contributed by atoms with van der Waals surface area (Å²) in [5, 5.41) is 11.1. The third-order valence-corrected chi connectivity index (χ3v) is 4.64. The van der Waals surface area contributed by atoms with Crippen molar-refractivity contribution in [1.29, 1.82) is 0 Å². The quantitative estimate of drug-likeness (QED) is 0.658. The van der Waals surface area contributed by atoms with Gasteiger partial charge in [-0.15, -0.1) is 5.10 Å². The molecule has 134 valence electrons. The number of aromatic nitrogens is 5. The molecule has 8 nitrogen and oxygen atoms in total. The van der Waals surface area contributed by atoms with Crippen molar-refractivity contribution in [2.45, 2.75) is 26.9 Å². The van der Waals surface area contributed by atoms with E-state index in [0.717, 1.165) is 15.7 Å². The molecule has 0 atom stereocenters. The molecule has 0 unspecified atom stereocenters. The van der Waals surface area contributed by atoms with Crippen LogP contribution in [0.5, 0.6) is 0 Å². The van der Waals surface area contributed by atoms with Crippen LogP contribution in [0.2, 0.25) is 0 Å². The first-order chi connectivity index (χ1) is 12.5. The molecule has 1 amide bonds. The number of amides is 1. The van der Waals surface area contributed by atoms with E-state index in [1.807, 2.05) is 25.1 Å². The number of nitrogens with zero attached hydrogens (tertiary/aromatic N) is 5. The zero-order valence-electron chi connectivity index (χ0n) is 14.4. The van der Waals surface area contributed by atoms with Gasteiger partial charge in [-0.05, 0) is 41.9 Å². The minimum Gasteiger partial charge on any atom is -0.383 e. The maximum atomic E-state index is 12.3. The van der Waals surface area contributed by atoms with Gasteiger partial charge in [0, 0.05) is 16.2 Å². The van der Waals surface area contributed by atoms with Crippen LogP contribution >= 0.6 is 15.9 Å². The normalized spacial score (nSPS) is 10.7. The number of rotatable bonds is 5. The smallest absolute Gasteiger partial charge is 0.252 e. The average molecular weight is 416 g/mol. The van der Waals surface area contributed by atoms with Crippen LogP contribution in [0.4, 0.5) is 5.82 Å². The summed E-state index contributed by atoms with van der Waals surface area (Å²) >= 11 is 3.37. The minimum atomic E-state index is -0.178. The Morgan fingerprint density at radius 3 is 2.81 bits per heavy atom. The number of carbonyl (C=O) groups is 1. The second kappa shape index (κ2) is 7.61. The number of nitrogen functional groups attached to an aromatic ring is 1. The van der Waals surface area contributed by atoms with Gasteiger partial charge in [0.05, 0.1) is 24.3 Å². The summed E-state index contributed by atoms with van der Waals surface area (Å²) in [6.07, 6.45) is 1.69. The van der Waals surface area contributed by atoms with Crippen LogP contribution in [0, 0.1) is 13.8 Å². The lowest BCUT2D eigenvalue weighted by Crippen LogP contribution is -2.23. The summed E-state index contributed by atoms with van der Waals surface area (Å²) in [6, 6.07) is 7.25. The lowest BCUT2D eigenvalue weighted by Gasteiger charge is -2.08. The van der Waals surface area contributed by atoms with Gasteiger partial charge in [-0.25, -0.2) is 14.6 Å². The van der Waals surface area contributed by atoms with Crippen molar-refractivity contribution in [2.24, 2.45) is 0 Å². The van der Waals surface area contributed by atoms with Gasteiger partial charge in [0.25, 0.3) is 5.91 Å². The molecule has 0 aliphatic rings. The molecule has 0 aliphatic carbocycles. The van der Waals surface area contributed by atoms with E-state index in [1.54, 1.807) is 23.9 Å². The molecule has 26 heavy (non-hydrogen) atoms. The molecule has 2 heterocycles. The standard InChI is InChI=1S/C17H18BrN7O/c1-10-15(8-21-17(26)13-5-3-4-6-14(13)18)23-24-25(10)9-12-7-20-11(2)22-16(12)19/h3-7H,8-9H2,1-2H3,(H,21,26)(H2,19,20,22). The van der Waals surface area contributed by atoms with Gasteiger partial charge >= 0.3 is 0 Å². The number of hydrogen-bond acceptors (Lipinski definition) is 6. The number of carbonyl (C=O) groups excluding carboxylic acids is 1. The van der Waals surface area contributed by atoms with Gasteiger partial charge < -0.3 is 11.1 Å². The van der Waals surface area contributed by atoms with Crippen LogP contribution in [0.15, 0.2) is 34.9 Å². The molecule has 9 heteroatoms. The number of aryl methyl sites for hydroxylation is 1. The Kier molecular flexibility index (Phi) is 5.27. The number of hydrogen-bond donors (Lipinski definition) is 2. The summed E-state index contributed by atoms with van der Waals surface area (Å²) in [7, 11) is 0. The molecule has 3 rings (SSSR count). The van der Waals surface area contributed by atoms with Crippen LogP contribution in [-0.4, -0.2) is 30.9 Å². The van der Waals surface area contributed by atoms with Crippen molar-refractivity contribution < 1.29 is 4.79 Å². The minimum absolute atomic E-state index is 0.178. The van der Waals surface area contributed by atoms with E-state index in [4.69, 9.17) is 5.73 Å². The van der Waals surface area contributed by atoms with E-state index in [2.05, 4.69) is 41.5 Å². The lowest BCUT2D eigenvalue weighted by atomic mass is 10.2. The Morgan fingerprint density at radius 2 is 2.08 bits per heavy atom. The SMILES string of the molecule is Cc1ncc(Cn2nnc(CNC(=O)c3ccccc3Br)c2C)c(N)n1. The lowest BCUT2D eigenvalue weighted by molar-refractivity contribution is 0.0949. The Morgan fingerprint density at radius 1 is 1.31 bits per heavy atom. The maximum Gasteiger partial charge on any atom is 0.252 e. The number of nitrogens with two attached hydrogens (primary N) is 1. The fourth-order valence-electron chi connectivity index (χ4n) is 2.41. The van der Waals surface area contributed by atoms with Crippen molar-refractivity contribution in [3.8, 4) is 0 Å². The molecule has 0 saturated carbocycles. The zero-order valence-corrected chi connectivity index (χ0v) is 16.0. The summed E-state index contributed by atoms with van der Waals surface area (Å²) < 4.78 is 2.46. The Labute approximate surface area is 159 Å². The summed E-state index contributed by atoms with van der Waals surface area (Å²) in [6.45, 7) is 4.38. The largest absolute Gasteiger partial charge is 0.383 e. The molecule has 3 N–H and O–H groups in total. The Balaban J connectivity index is 1.69. The van der Waals surface area contributed by atoms with Crippen LogP contribution in [0.3, 0.4) is 0 Å². The predicted molar refractivity (Wildman–Crippen MR) is 100 cm³/mol. The number of benzene rings is 1. The highest BCUT2D eigenvalue weighted by Crippen LogP contribution is 2.16. The van der Waals surface area contributed by atoms with Gasteiger partial charge in [0.15, 0.2) is 0 Å². The first kappa shape index (κ1) is 18.0. The second-order valence-corrected chi connectivity index (χ2v) is 6.62. The molecule has 2 aromatic heterocycles. The van der Waals surface area contributed by atoms with Crippen LogP contribution in [0.25, 0.3) is 0 Å². The summed E-state index contributed by atoms with van der Waals surface area (Å²) in [5.41, 5.74) is 8.81. The fraction of sp³-hybridized carbons (Fsp3) is 0.235. The van der Waals surface area contributed by atoms with Crippen LogP contribution in [0.1, 0.15) is 33.1 Å². The van der Waals surface area contributed by atoms with E-state index >= 15 is 0 Å². The van der Waals surface area contributed by atoms with Gasteiger partial charge in [-0.2, -0.15) is 0 Å². The monoisotopic (exact) mass is 415 g/mol. The molecule has 0 spiro atoms. The van der Waals surface area contributed by atoms with Gasteiger partial charge in [-0.3, -0.25) is 4.79 Å². The number of nitrogens with one attached hydrogen (secondary N) is 1. The van der Waals surface area contributed by atoms with E-state index in [0.29, 0.717) is 29.4 Å². The van der Waals surface area contributed by atoms with Crippen LogP contribution < -0.4 is 11.1 Å². The van der Waals surface area contributed by atoms with Crippen molar-refractivity contribution in [3.05, 3.63) is 63.3 Å². The number of anilines is 1. The molecule has 3 aromatic rings. The second-order valence-electron chi connectivity index (χ2n) is 5.77. The molecular weight excluding hydrogens is 398 g/mol. The third-order valence-electron chi connectivity index (χ3n) is 3.95. The van der Waals surface area contributed by atoms with E-state index in [-0.39, 0.29) is 12.5 Å². The van der Waals surface area contributed by atoms with Crippen LogP contribution in [-0.2, 0) is 13.1 Å². The van der Waals surface area contributed by atoms with Crippen molar-refractivity contribution in [2.75, 3.05) is 5.73 Å². The topological polar surface area (TPSA) is 112 Å². The highest BCUT2D eigenvalue weighted by Gasteiger charge is 2.14. The van der Waals surface area contributed by atoms with Crippen molar-refractivity contribution >= 4 is 27.7 Å². The van der Waals surface area contributed by atoms with Crippen molar-refractivity contribution in [3.63, 3.8) is 0 Å². The molecule has 0 fully saturated rings. The van der Waals surface area contributed by atoms with Gasteiger partial charge in [0.2, 0.25) is 0 Å². The molecule has 0 bridgehead atoms.